The van der Waals surface area contributed by atoms with Crippen molar-refractivity contribution < 1.29 is 14.3 Å². The number of hydrogen-bond donors (Lipinski definition) is 0. The van der Waals surface area contributed by atoms with E-state index in [0.29, 0.717) is 22.7 Å². The Balaban J connectivity index is 1.09. The highest BCUT2D eigenvalue weighted by molar-refractivity contribution is 7.15. The number of aryl methyl sites for hydroxylation is 2. The predicted molar refractivity (Wildman–Crippen MR) is 143 cm³/mol. The van der Waals surface area contributed by atoms with E-state index in [1.807, 2.05) is 36.4 Å². The molecule has 1 spiro atoms. The van der Waals surface area contributed by atoms with E-state index in [2.05, 4.69) is 34.3 Å². The second-order valence-electron chi connectivity index (χ2n) is 10.0. The lowest BCUT2D eigenvalue weighted by Crippen LogP contribution is -2.31. The smallest absolute Gasteiger partial charge is 0.258 e. The van der Waals surface area contributed by atoms with Crippen molar-refractivity contribution in [1.82, 2.24) is 15.1 Å². The number of rotatable bonds is 8. The summed E-state index contributed by atoms with van der Waals surface area (Å²) in [5.41, 5.74) is 2.34. The summed E-state index contributed by atoms with van der Waals surface area (Å²) >= 11 is 7.38. The molecular formula is C27H28ClN5O3S. The number of halogens is 1. The Morgan fingerprint density at radius 3 is 2.57 bits per heavy atom. The minimum Gasteiger partial charge on any atom is -0.380 e. The zero-order valence-corrected chi connectivity index (χ0v) is 22.2. The van der Waals surface area contributed by atoms with Crippen LogP contribution in [-0.2, 0) is 33.7 Å². The summed E-state index contributed by atoms with van der Waals surface area (Å²) in [5, 5.41) is 10.7. The van der Waals surface area contributed by atoms with Gasteiger partial charge in [-0.15, -0.1) is 10.2 Å². The molecule has 37 heavy (non-hydrogen) atoms. The van der Waals surface area contributed by atoms with Crippen molar-refractivity contribution in [2.75, 3.05) is 36.6 Å². The topological polar surface area (TPSA) is 78.6 Å². The zero-order chi connectivity index (χ0) is 25.6. The second kappa shape index (κ2) is 9.79. The van der Waals surface area contributed by atoms with Crippen molar-refractivity contribution >= 4 is 45.6 Å². The van der Waals surface area contributed by atoms with Gasteiger partial charge in [0.15, 0.2) is 5.54 Å². The number of hydrogen-bond acceptors (Lipinski definition) is 7. The number of anilines is 2. The maximum Gasteiger partial charge on any atom is 0.258 e. The summed E-state index contributed by atoms with van der Waals surface area (Å²) in [6.45, 7) is 2.77. The molecule has 3 aliphatic rings. The third-order valence-electron chi connectivity index (χ3n) is 7.54. The third-order valence-corrected chi connectivity index (χ3v) is 8.76. The van der Waals surface area contributed by atoms with E-state index in [4.69, 9.17) is 16.3 Å². The van der Waals surface area contributed by atoms with Gasteiger partial charge in [0.25, 0.3) is 5.91 Å². The number of aromatic nitrogens is 2. The van der Waals surface area contributed by atoms with Gasteiger partial charge in [0, 0.05) is 36.3 Å². The van der Waals surface area contributed by atoms with Crippen LogP contribution in [0.3, 0.4) is 0 Å². The third kappa shape index (κ3) is 4.77. The van der Waals surface area contributed by atoms with Gasteiger partial charge in [0.2, 0.25) is 11.0 Å². The SMILES string of the molecule is CN(Cc1ccc(N2C[C@]3(CC2=O)C(=O)N3c2nnc(CCc3ccc(Cl)cc3)s2)cc1)C1CCOC1. The van der Waals surface area contributed by atoms with E-state index in [1.54, 1.807) is 9.80 Å². The van der Waals surface area contributed by atoms with Crippen LogP contribution >= 0.6 is 22.9 Å². The summed E-state index contributed by atoms with van der Waals surface area (Å²) in [5.74, 6) is -0.0999. The number of likely N-dealkylation sites (N-methyl/N-ethyl adjacent to an activating group) is 1. The fraction of sp³-hybridized carbons (Fsp3) is 0.407. The first-order valence-corrected chi connectivity index (χ1v) is 13.7. The van der Waals surface area contributed by atoms with Crippen LogP contribution in [0.25, 0.3) is 0 Å². The molecule has 0 saturated carbocycles. The van der Waals surface area contributed by atoms with Gasteiger partial charge in [-0.2, -0.15) is 0 Å². The minimum atomic E-state index is -0.828. The van der Waals surface area contributed by atoms with Crippen molar-refractivity contribution in [2.45, 2.75) is 43.8 Å². The molecule has 6 rings (SSSR count). The van der Waals surface area contributed by atoms with Crippen LogP contribution in [0.5, 0.6) is 0 Å². The van der Waals surface area contributed by atoms with Crippen LogP contribution in [0, 0.1) is 0 Å². The van der Waals surface area contributed by atoms with Crippen LogP contribution in [0.1, 0.15) is 29.0 Å². The van der Waals surface area contributed by atoms with E-state index < -0.39 is 5.54 Å². The highest BCUT2D eigenvalue weighted by atomic mass is 35.5. The van der Waals surface area contributed by atoms with Crippen molar-refractivity contribution in [3.63, 3.8) is 0 Å². The lowest BCUT2D eigenvalue weighted by Gasteiger charge is -2.23. The maximum atomic E-state index is 13.0. The minimum absolute atomic E-state index is 0.0451. The van der Waals surface area contributed by atoms with Gasteiger partial charge < -0.3 is 9.64 Å². The monoisotopic (exact) mass is 537 g/mol. The number of carbonyl (C=O) groups excluding carboxylic acids is 2. The molecule has 1 unspecified atom stereocenters. The van der Waals surface area contributed by atoms with Crippen molar-refractivity contribution in [2.24, 2.45) is 0 Å². The first kappa shape index (κ1) is 24.5. The molecule has 2 amide bonds. The number of benzene rings is 2. The Kier molecular flexibility index (Phi) is 6.48. The molecule has 0 radical (unpaired) electrons. The van der Waals surface area contributed by atoms with Crippen molar-refractivity contribution in [1.29, 1.82) is 0 Å². The second-order valence-corrected chi connectivity index (χ2v) is 11.5. The Hall–Kier alpha value is -2.85. The zero-order valence-electron chi connectivity index (χ0n) is 20.6. The molecule has 0 aliphatic carbocycles. The molecule has 4 heterocycles. The fourth-order valence-corrected chi connectivity index (χ4v) is 6.30. The normalized spacial score (nSPS) is 23.2. The van der Waals surface area contributed by atoms with E-state index in [-0.39, 0.29) is 18.2 Å². The lowest BCUT2D eigenvalue weighted by molar-refractivity contribution is -0.118. The summed E-state index contributed by atoms with van der Waals surface area (Å²) in [6.07, 6.45) is 2.77. The Bertz CT molecular complexity index is 1310. The van der Waals surface area contributed by atoms with E-state index >= 15 is 0 Å². The molecule has 3 saturated heterocycles. The molecular weight excluding hydrogens is 510 g/mol. The molecule has 3 aliphatic heterocycles. The summed E-state index contributed by atoms with van der Waals surface area (Å²) in [7, 11) is 2.12. The summed E-state index contributed by atoms with van der Waals surface area (Å²) < 4.78 is 5.50. The molecule has 8 nitrogen and oxygen atoms in total. The van der Waals surface area contributed by atoms with Crippen LogP contribution in [0.2, 0.25) is 5.02 Å². The van der Waals surface area contributed by atoms with Crippen LogP contribution in [0.15, 0.2) is 48.5 Å². The number of carbonyl (C=O) groups is 2. The van der Waals surface area contributed by atoms with Gasteiger partial charge in [-0.25, -0.2) is 0 Å². The van der Waals surface area contributed by atoms with E-state index in [9.17, 15) is 9.59 Å². The average Bonchev–Trinajstić information content (AvgIpc) is 3.46. The molecule has 0 N–H and O–H groups in total. The Morgan fingerprint density at radius 1 is 1.08 bits per heavy atom. The first-order chi connectivity index (χ1) is 17.9. The summed E-state index contributed by atoms with van der Waals surface area (Å²) in [6, 6.07) is 16.3. The van der Waals surface area contributed by atoms with Crippen molar-refractivity contribution in [3.05, 3.63) is 69.7 Å². The molecule has 3 aromatic rings. The van der Waals surface area contributed by atoms with Gasteiger partial charge >= 0.3 is 0 Å². The molecule has 192 valence electrons. The molecule has 10 heteroatoms. The Labute approximate surface area is 224 Å². The van der Waals surface area contributed by atoms with Crippen molar-refractivity contribution in [3.8, 4) is 0 Å². The van der Waals surface area contributed by atoms with E-state index in [0.717, 1.165) is 49.7 Å². The Morgan fingerprint density at radius 2 is 1.84 bits per heavy atom. The lowest BCUT2D eigenvalue weighted by atomic mass is 10.1. The molecule has 2 aromatic carbocycles. The van der Waals surface area contributed by atoms with Gasteiger partial charge in [-0.05, 0) is 55.3 Å². The first-order valence-electron chi connectivity index (χ1n) is 12.5. The quantitative estimate of drug-likeness (QED) is 0.408. The standard InChI is InChI=1S/C27H28ClN5O3S/c1-31(22-12-13-36-16-22)15-19-4-9-21(10-5-19)32-17-27(14-24(32)34)25(35)33(27)26-30-29-23(37-26)11-6-18-2-7-20(28)8-3-18/h2-5,7-10,22H,6,11-17H2,1H3/t22?,27-,33?/m1/s1. The average molecular weight is 538 g/mol. The van der Waals surface area contributed by atoms with Crippen LogP contribution in [-0.4, -0.2) is 65.3 Å². The van der Waals surface area contributed by atoms with Crippen LogP contribution in [0.4, 0.5) is 10.8 Å². The van der Waals surface area contributed by atoms with Crippen LogP contribution < -0.4 is 9.80 Å². The van der Waals surface area contributed by atoms with Gasteiger partial charge in [-0.1, -0.05) is 47.2 Å². The largest absolute Gasteiger partial charge is 0.380 e. The highest BCUT2D eigenvalue weighted by Crippen LogP contribution is 2.48. The fourth-order valence-electron chi connectivity index (χ4n) is 5.25. The predicted octanol–water partition coefficient (Wildman–Crippen LogP) is 3.72. The summed E-state index contributed by atoms with van der Waals surface area (Å²) in [4.78, 5) is 31.6. The molecule has 0 bridgehead atoms. The number of nitrogens with zero attached hydrogens (tertiary/aromatic N) is 5. The molecule has 3 fully saturated rings. The van der Waals surface area contributed by atoms with Gasteiger partial charge in [-0.3, -0.25) is 19.4 Å². The molecule has 2 atom stereocenters. The van der Waals surface area contributed by atoms with Gasteiger partial charge in [0.1, 0.15) is 5.01 Å². The number of amides is 2. The van der Waals surface area contributed by atoms with E-state index in [1.165, 1.54) is 22.5 Å². The maximum absolute atomic E-state index is 13.0. The number of ether oxygens (including phenoxy) is 1. The van der Waals surface area contributed by atoms with Gasteiger partial charge in [0.05, 0.1) is 19.6 Å². The highest BCUT2D eigenvalue weighted by Gasteiger charge is 2.70. The molecule has 1 aromatic heterocycles.